The highest BCUT2D eigenvalue weighted by atomic mass is 16.6. The van der Waals surface area contributed by atoms with Gasteiger partial charge in [0, 0.05) is 11.3 Å². The topological polar surface area (TPSA) is 55.6 Å². The van der Waals surface area contributed by atoms with E-state index in [2.05, 4.69) is 11.8 Å². The minimum absolute atomic E-state index is 0.367. The summed E-state index contributed by atoms with van der Waals surface area (Å²) in [6.07, 6.45) is 1.51. The smallest absolute Gasteiger partial charge is 0.414 e. The van der Waals surface area contributed by atoms with E-state index < -0.39 is 0 Å². The maximum absolute atomic E-state index is 11.8. The van der Waals surface area contributed by atoms with E-state index in [1.807, 2.05) is 54.6 Å². The van der Waals surface area contributed by atoms with Gasteiger partial charge in [0.1, 0.15) is 6.61 Å². The highest BCUT2D eigenvalue weighted by molar-refractivity contribution is 5.76. The van der Waals surface area contributed by atoms with Crippen LogP contribution in [0.2, 0.25) is 0 Å². The van der Waals surface area contributed by atoms with E-state index in [4.69, 9.17) is 10.5 Å². The Hall–Kier alpha value is -3.19. The van der Waals surface area contributed by atoms with Crippen LogP contribution in [0.25, 0.3) is 6.08 Å². The van der Waals surface area contributed by atoms with E-state index in [1.54, 1.807) is 11.0 Å². The quantitative estimate of drug-likeness (QED) is 0.685. The first-order valence-electron chi connectivity index (χ1n) is 7.31. The summed E-state index contributed by atoms with van der Waals surface area (Å²) in [4.78, 5) is 13.4. The van der Waals surface area contributed by atoms with Crippen LogP contribution in [-0.2, 0) is 4.74 Å². The van der Waals surface area contributed by atoms with Crippen LogP contribution in [0.5, 0.6) is 0 Å². The molecule has 3 rings (SSSR count). The molecule has 114 valence electrons. The predicted octanol–water partition coefficient (Wildman–Crippen LogP) is 3.11. The zero-order valence-corrected chi connectivity index (χ0v) is 12.5. The number of benzene rings is 2. The van der Waals surface area contributed by atoms with Crippen molar-refractivity contribution in [3.63, 3.8) is 0 Å². The highest BCUT2D eigenvalue weighted by Gasteiger charge is 2.24. The molecule has 23 heavy (non-hydrogen) atoms. The Morgan fingerprint density at radius 1 is 1.17 bits per heavy atom. The molecule has 0 bridgehead atoms. The number of hydrogen-bond donors (Lipinski definition) is 1. The summed E-state index contributed by atoms with van der Waals surface area (Å²) in [5.74, 6) is 6.12. The van der Waals surface area contributed by atoms with Crippen LogP contribution in [0.1, 0.15) is 11.1 Å². The summed E-state index contributed by atoms with van der Waals surface area (Å²) in [6.45, 7) is 0.883. The number of carbonyl (C=O) groups is 1. The van der Waals surface area contributed by atoms with Crippen molar-refractivity contribution in [1.82, 2.24) is 4.90 Å². The fourth-order valence-electron chi connectivity index (χ4n) is 2.25. The normalized spacial score (nSPS) is 14.2. The van der Waals surface area contributed by atoms with Crippen molar-refractivity contribution in [2.45, 2.75) is 0 Å². The summed E-state index contributed by atoms with van der Waals surface area (Å²) in [5.41, 5.74) is 8.81. The van der Waals surface area contributed by atoms with Crippen LogP contribution in [0.3, 0.4) is 0 Å². The lowest BCUT2D eigenvalue weighted by Crippen LogP contribution is -2.22. The minimum atomic E-state index is -0.367. The first-order chi connectivity index (χ1) is 11.2. The third kappa shape index (κ3) is 3.72. The third-order valence-electron chi connectivity index (χ3n) is 3.38. The van der Waals surface area contributed by atoms with Gasteiger partial charge >= 0.3 is 6.09 Å². The van der Waals surface area contributed by atoms with Gasteiger partial charge in [-0.1, -0.05) is 42.3 Å². The summed E-state index contributed by atoms with van der Waals surface area (Å²) >= 11 is 0. The Labute approximate surface area is 135 Å². The Kier molecular flexibility index (Phi) is 4.30. The lowest BCUT2D eigenvalue weighted by molar-refractivity contribution is 0.165. The van der Waals surface area contributed by atoms with Crippen molar-refractivity contribution in [1.29, 1.82) is 0 Å². The fourth-order valence-corrected chi connectivity index (χ4v) is 2.25. The summed E-state index contributed by atoms with van der Waals surface area (Å²) in [5, 5.41) is 0. The number of anilines is 1. The second-order valence-electron chi connectivity index (χ2n) is 5.08. The minimum Gasteiger partial charge on any atom is -0.447 e. The van der Waals surface area contributed by atoms with Crippen molar-refractivity contribution in [2.24, 2.45) is 0 Å². The lowest BCUT2D eigenvalue weighted by Gasteiger charge is -2.12. The average molecular weight is 304 g/mol. The molecule has 1 saturated heterocycles. The molecule has 0 aliphatic carbocycles. The maximum atomic E-state index is 11.8. The molecule has 4 nitrogen and oxygen atoms in total. The zero-order valence-electron chi connectivity index (χ0n) is 12.5. The summed E-state index contributed by atoms with van der Waals surface area (Å²) in [7, 11) is 0. The molecule has 4 heteroatoms. The van der Waals surface area contributed by atoms with Crippen LogP contribution in [-0.4, -0.2) is 24.1 Å². The van der Waals surface area contributed by atoms with Crippen molar-refractivity contribution < 1.29 is 9.53 Å². The molecular weight excluding hydrogens is 288 g/mol. The van der Waals surface area contributed by atoms with Crippen LogP contribution >= 0.6 is 0 Å². The van der Waals surface area contributed by atoms with E-state index >= 15 is 0 Å². The van der Waals surface area contributed by atoms with E-state index in [9.17, 15) is 4.79 Å². The van der Waals surface area contributed by atoms with Crippen molar-refractivity contribution >= 4 is 17.9 Å². The second kappa shape index (κ2) is 6.71. The van der Waals surface area contributed by atoms with Gasteiger partial charge in [-0.05, 0) is 35.8 Å². The number of carbonyl (C=O) groups excluding carboxylic acids is 1. The van der Waals surface area contributed by atoms with Gasteiger partial charge in [-0.2, -0.15) is 0 Å². The van der Waals surface area contributed by atoms with Gasteiger partial charge in [-0.15, -0.1) is 0 Å². The first-order valence-corrected chi connectivity index (χ1v) is 7.31. The number of rotatable bonds is 2. The van der Waals surface area contributed by atoms with Crippen molar-refractivity contribution in [3.05, 3.63) is 71.4 Å². The Morgan fingerprint density at radius 2 is 2.00 bits per heavy atom. The van der Waals surface area contributed by atoms with E-state index in [0.717, 1.165) is 11.1 Å². The molecule has 0 saturated carbocycles. The van der Waals surface area contributed by atoms with Gasteiger partial charge in [0.25, 0.3) is 0 Å². The molecular formula is C19H16N2O2. The Bertz CT molecular complexity index is 801. The molecule has 1 heterocycles. The number of nitrogens with zero attached hydrogens (tertiary/aromatic N) is 1. The molecule has 0 atom stereocenters. The van der Waals surface area contributed by atoms with E-state index in [-0.39, 0.29) is 6.09 Å². The number of cyclic esters (lactones) is 1. The summed E-state index contributed by atoms with van der Waals surface area (Å²) < 4.78 is 5.01. The molecule has 0 unspecified atom stereocenters. The van der Waals surface area contributed by atoms with E-state index in [0.29, 0.717) is 24.5 Å². The number of nitrogen functional groups attached to an aromatic ring is 1. The molecule has 2 N–H and O–H groups in total. The van der Waals surface area contributed by atoms with Crippen LogP contribution < -0.4 is 5.73 Å². The number of amides is 1. The number of ether oxygens (including phenoxy) is 1. The van der Waals surface area contributed by atoms with Gasteiger partial charge in [0.15, 0.2) is 0 Å². The molecule has 0 spiro atoms. The zero-order chi connectivity index (χ0) is 16.1. The monoisotopic (exact) mass is 304 g/mol. The molecule has 1 fully saturated rings. The van der Waals surface area contributed by atoms with Crippen LogP contribution in [0.15, 0.2) is 60.3 Å². The van der Waals surface area contributed by atoms with Crippen molar-refractivity contribution in [3.8, 4) is 11.8 Å². The molecule has 1 amide bonds. The highest BCUT2D eigenvalue weighted by Crippen LogP contribution is 2.16. The Morgan fingerprint density at radius 3 is 2.70 bits per heavy atom. The van der Waals surface area contributed by atoms with Crippen LogP contribution in [0.4, 0.5) is 10.5 Å². The molecule has 0 radical (unpaired) electrons. The number of allylic oxidation sites excluding steroid dienone is 1. The summed E-state index contributed by atoms with van der Waals surface area (Å²) in [6, 6.07) is 17.1. The lowest BCUT2D eigenvalue weighted by atomic mass is 10.1. The molecule has 1 aliphatic heterocycles. The SMILES string of the molecule is Nc1cccc(C#C/C(=C/c2ccccc2)N2CCOC2=O)c1. The first kappa shape index (κ1) is 14.7. The standard InChI is InChI=1S/C19H16N2O2/c20-17-8-4-7-16(13-17)9-10-18(21-11-12-23-19(21)22)14-15-5-2-1-3-6-15/h1-8,13-14H,11-12,20H2/b18-14-. The van der Waals surface area contributed by atoms with Crippen LogP contribution in [0, 0.1) is 11.8 Å². The predicted molar refractivity (Wildman–Crippen MR) is 90.2 cm³/mol. The largest absolute Gasteiger partial charge is 0.447 e. The average Bonchev–Trinajstić information content (AvgIpc) is 2.98. The fraction of sp³-hybridized carbons (Fsp3) is 0.105. The third-order valence-corrected chi connectivity index (χ3v) is 3.38. The maximum Gasteiger partial charge on any atom is 0.414 e. The Balaban J connectivity index is 1.96. The second-order valence-corrected chi connectivity index (χ2v) is 5.08. The molecule has 2 aromatic rings. The van der Waals surface area contributed by atoms with E-state index in [1.165, 1.54) is 0 Å². The molecule has 1 aliphatic rings. The molecule has 0 aromatic heterocycles. The van der Waals surface area contributed by atoms with Gasteiger partial charge < -0.3 is 10.5 Å². The van der Waals surface area contributed by atoms with Gasteiger partial charge in [-0.3, -0.25) is 4.90 Å². The van der Waals surface area contributed by atoms with Crippen molar-refractivity contribution in [2.75, 3.05) is 18.9 Å². The number of nitrogens with two attached hydrogens (primary N) is 1. The number of hydrogen-bond acceptors (Lipinski definition) is 3. The van der Waals surface area contributed by atoms with Gasteiger partial charge in [-0.25, -0.2) is 4.79 Å². The molecule has 2 aromatic carbocycles. The van der Waals surface area contributed by atoms with Gasteiger partial charge in [0.2, 0.25) is 0 Å². The van der Waals surface area contributed by atoms with Gasteiger partial charge in [0.05, 0.1) is 12.2 Å².